The van der Waals surface area contributed by atoms with E-state index < -0.39 is 11.4 Å². The Balaban J connectivity index is 1.78. The number of aryl methyl sites for hydroxylation is 1. The number of rotatable bonds is 9. The zero-order valence-electron chi connectivity index (χ0n) is 19.1. The Morgan fingerprint density at radius 1 is 1.12 bits per heavy atom. The smallest absolute Gasteiger partial charge is 0.270 e. The van der Waals surface area contributed by atoms with E-state index in [1.54, 1.807) is 16.7 Å². The lowest BCUT2D eigenvalue weighted by atomic mass is 10.0. The highest BCUT2D eigenvalue weighted by atomic mass is 35.5. The van der Waals surface area contributed by atoms with E-state index in [1.165, 1.54) is 6.20 Å². The standard InChI is InChI=1S/C25H26ClN5O3/c1-3-5-11-20-28-23(32)22(25(33)31(20)19(4-2)16-9-7-6-8-10-16)24-30-29-21(34-24)14-18-13-12-17(26)15-27-18/h6-10,12-13,15,19,32H,3-5,11,14H2,1-2H3/t19-/m0/s1. The number of hydrogen-bond donors (Lipinski definition) is 1. The van der Waals surface area contributed by atoms with Crippen LogP contribution in [0.1, 0.15) is 62.1 Å². The first-order valence-electron chi connectivity index (χ1n) is 11.3. The largest absolute Gasteiger partial charge is 0.493 e. The van der Waals surface area contributed by atoms with Gasteiger partial charge in [-0.05, 0) is 30.5 Å². The van der Waals surface area contributed by atoms with Crippen molar-refractivity contribution in [2.75, 3.05) is 0 Å². The third-order valence-corrected chi connectivity index (χ3v) is 5.83. The number of pyridine rings is 1. The average molecular weight is 480 g/mol. The summed E-state index contributed by atoms with van der Waals surface area (Å²) in [6, 6.07) is 13.0. The number of unbranched alkanes of at least 4 members (excludes halogenated alkanes) is 1. The molecule has 3 aromatic heterocycles. The number of halogens is 1. The van der Waals surface area contributed by atoms with Gasteiger partial charge >= 0.3 is 0 Å². The lowest BCUT2D eigenvalue weighted by molar-refractivity contribution is 0.425. The molecule has 0 unspecified atom stereocenters. The Morgan fingerprint density at radius 3 is 2.59 bits per heavy atom. The summed E-state index contributed by atoms with van der Waals surface area (Å²) < 4.78 is 7.41. The molecular weight excluding hydrogens is 454 g/mol. The van der Waals surface area contributed by atoms with Gasteiger partial charge in [-0.2, -0.15) is 4.98 Å². The molecule has 3 heterocycles. The van der Waals surface area contributed by atoms with Crippen LogP contribution in [0.3, 0.4) is 0 Å². The van der Waals surface area contributed by atoms with Crippen molar-refractivity contribution in [1.82, 2.24) is 24.7 Å². The summed E-state index contributed by atoms with van der Waals surface area (Å²) >= 11 is 5.89. The molecule has 8 nitrogen and oxygen atoms in total. The van der Waals surface area contributed by atoms with Gasteiger partial charge < -0.3 is 9.52 Å². The maximum absolute atomic E-state index is 13.8. The Morgan fingerprint density at radius 2 is 1.91 bits per heavy atom. The van der Waals surface area contributed by atoms with Gasteiger partial charge in [0, 0.05) is 18.3 Å². The lowest BCUT2D eigenvalue weighted by Gasteiger charge is -2.23. The van der Waals surface area contributed by atoms with Crippen molar-refractivity contribution < 1.29 is 9.52 Å². The fraction of sp³-hybridized carbons (Fsp3) is 0.320. The van der Waals surface area contributed by atoms with Gasteiger partial charge in [-0.25, -0.2) is 0 Å². The van der Waals surface area contributed by atoms with E-state index >= 15 is 0 Å². The van der Waals surface area contributed by atoms with E-state index in [0.29, 0.717) is 29.4 Å². The molecule has 0 radical (unpaired) electrons. The van der Waals surface area contributed by atoms with Crippen LogP contribution < -0.4 is 5.56 Å². The minimum Gasteiger partial charge on any atom is -0.493 e. The van der Waals surface area contributed by atoms with Crippen LogP contribution >= 0.6 is 11.6 Å². The maximum atomic E-state index is 13.8. The van der Waals surface area contributed by atoms with Crippen molar-refractivity contribution in [1.29, 1.82) is 0 Å². The predicted octanol–water partition coefficient (Wildman–Crippen LogP) is 4.98. The molecule has 1 N–H and O–H groups in total. The molecule has 0 amide bonds. The summed E-state index contributed by atoms with van der Waals surface area (Å²) in [5.41, 5.74) is 1.17. The maximum Gasteiger partial charge on any atom is 0.270 e. The van der Waals surface area contributed by atoms with Crippen molar-refractivity contribution in [2.24, 2.45) is 0 Å². The molecule has 0 aliphatic rings. The summed E-state index contributed by atoms with van der Waals surface area (Å²) in [5, 5.41) is 19.3. The molecule has 4 rings (SSSR count). The predicted molar refractivity (Wildman–Crippen MR) is 129 cm³/mol. The Kier molecular flexibility index (Phi) is 7.37. The van der Waals surface area contributed by atoms with Crippen LogP contribution in [0.2, 0.25) is 5.02 Å². The van der Waals surface area contributed by atoms with Crippen LogP contribution in [0.5, 0.6) is 5.88 Å². The second-order valence-electron chi connectivity index (χ2n) is 7.99. The fourth-order valence-electron chi connectivity index (χ4n) is 3.92. The molecule has 9 heteroatoms. The molecule has 0 saturated carbocycles. The van der Waals surface area contributed by atoms with Crippen molar-refractivity contribution in [2.45, 2.75) is 52.0 Å². The summed E-state index contributed by atoms with van der Waals surface area (Å²) in [7, 11) is 0. The fourth-order valence-corrected chi connectivity index (χ4v) is 4.03. The second-order valence-corrected chi connectivity index (χ2v) is 8.42. The van der Waals surface area contributed by atoms with Crippen LogP contribution in [-0.2, 0) is 12.8 Å². The van der Waals surface area contributed by atoms with Crippen molar-refractivity contribution in [3.63, 3.8) is 0 Å². The zero-order chi connectivity index (χ0) is 24.1. The van der Waals surface area contributed by atoms with Gasteiger partial charge in [0.2, 0.25) is 11.8 Å². The highest BCUT2D eigenvalue weighted by Gasteiger charge is 2.26. The number of nitrogens with zero attached hydrogens (tertiary/aromatic N) is 5. The van der Waals surface area contributed by atoms with Gasteiger partial charge in [-0.15, -0.1) is 10.2 Å². The van der Waals surface area contributed by atoms with E-state index in [-0.39, 0.29) is 29.8 Å². The van der Waals surface area contributed by atoms with Gasteiger partial charge in [-0.3, -0.25) is 14.3 Å². The highest BCUT2D eigenvalue weighted by Crippen LogP contribution is 2.28. The topological polar surface area (TPSA) is 107 Å². The van der Waals surface area contributed by atoms with Gasteiger partial charge in [0.1, 0.15) is 5.82 Å². The minimum atomic E-state index is -0.408. The molecule has 34 heavy (non-hydrogen) atoms. The molecule has 0 saturated heterocycles. The zero-order valence-corrected chi connectivity index (χ0v) is 19.9. The van der Waals surface area contributed by atoms with Crippen LogP contribution in [0, 0.1) is 0 Å². The number of aromatic nitrogens is 5. The van der Waals surface area contributed by atoms with Crippen molar-refractivity contribution >= 4 is 11.6 Å². The number of aromatic hydroxyl groups is 1. The van der Waals surface area contributed by atoms with E-state index in [1.807, 2.05) is 37.3 Å². The van der Waals surface area contributed by atoms with Crippen LogP contribution in [-0.4, -0.2) is 29.8 Å². The quantitative estimate of drug-likeness (QED) is 0.360. The molecule has 0 aliphatic heterocycles. The van der Waals surface area contributed by atoms with E-state index in [0.717, 1.165) is 18.4 Å². The first kappa shape index (κ1) is 23.6. The lowest BCUT2D eigenvalue weighted by Crippen LogP contribution is -2.31. The van der Waals surface area contributed by atoms with Crippen molar-refractivity contribution in [3.8, 4) is 17.3 Å². The highest BCUT2D eigenvalue weighted by molar-refractivity contribution is 6.30. The van der Waals surface area contributed by atoms with Crippen LogP contribution in [0.15, 0.2) is 57.9 Å². The summed E-state index contributed by atoms with van der Waals surface area (Å²) in [6.07, 6.45) is 4.82. The second kappa shape index (κ2) is 10.6. The van der Waals surface area contributed by atoms with Crippen molar-refractivity contribution in [3.05, 3.63) is 87.0 Å². The van der Waals surface area contributed by atoms with Gasteiger partial charge in [0.25, 0.3) is 11.4 Å². The van der Waals surface area contributed by atoms with E-state index in [4.69, 9.17) is 16.0 Å². The summed E-state index contributed by atoms with van der Waals surface area (Å²) in [5.74, 6) is 0.321. The van der Waals surface area contributed by atoms with E-state index in [9.17, 15) is 9.90 Å². The first-order valence-corrected chi connectivity index (χ1v) is 11.7. The first-order chi connectivity index (χ1) is 16.5. The molecule has 0 bridgehead atoms. The molecule has 4 aromatic rings. The van der Waals surface area contributed by atoms with Crippen LogP contribution in [0.4, 0.5) is 0 Å². The van der Waals surface area contributed by atoms with E-state index in [2.05, 4.69) is 27.1 Å². The van der Waals surface area contributed by atoms with Crippen LogP contribution in [0.25, 0.3) is 11.5 Å². The third kappa shape index (κ3) is 5.02. The SMILES string of the molecule is CCCCc1nc(O)c(-c2nnc(Cc3ccc(Cl)cn3)o2)c(=O)n1[C@@H](CC)c1ccccc1. The molecule has 1 atom stereocenters. The summed E-state index contributed by atoms with van der Waals surface area (Å²) in [4.78, 5) is 22.4. The molecule has 1 aromatic carbocycles. The van der Waals surface area contributed by atoms with Gasteiger partial charge in [0.15, 0.2) is 5.56 Å². The molecular formula is C25H26ClN5O3. The average Bonchev–Trinajstić information content (AvgIpc) is 3.29. The summed E-state index contributed by atoms with van der Waals surface area (Å²) in [6.45, 7) is 4.09. The molecule has 0 aliphatic carbocycles. The van der Waals surface area contributed by atoms with Gasteiger partial charge in [0.05, 0.1) is 17.5 Å². The number of hydrogen-bond acceptors (Lipinski definition) is 7. The Hall–Kier alpha value is -3.52. The Labute approximate surface area is 202 Å². The third-order valence-electron chi connectivity index (χ3n) is 5.61. The molecule has 0 spiro atoms. The molecule has 0 fully saturated rings. The Bertz CT molecular complexity index is 1300. The monoisotopic (exact) mass is 479 g/mol. The number of benzene rings is 1. The normalized spacial score (nSPS) is 12.1. The minimum absolute atomic E-state index is 0.0716. The van der Waals surface area contributed by atoms with Gasteiger partial charge in [-0.1, -0.05) is 62.2 Å². The molecule has 176 valence electrons.